The predicted molar refractivity (Wildman–Crippen MR) is 141 cm³/mol. The van der Waals surface area contributed by atoms with Crippen molar-refractivity contribution in [2.75, 3.05) is 25.7 Å². The first-order valence-corrected chi connectivity index (χ1v) is 14.5. The summed E-state index contributed by atoms with van der Waals surface area (Å²) in [7, 11) is -2.30. The lowest BCUT2D eigenvalue weighted by Crippen LogP contribution is -2.34. The largest absolute Gasteiger partial charge is 0.472 e. The van der Waals surface area contributed by atoms with Crippen molar-refractivity contribution in [3.8, 4) is 22.5 Å². The van der Waals surface area contributed by atoms with E-state index in [1.54, 1.807) is 24.6 Å². The van der Waals surface area contributed by atoms with Crippen LogP contribution in [-0.2, 0) is 30.4 Å². The van der Waals surface area contributed by atoms with Crippen molar-refractivity contribution in [2.24, 2.45) is 9.36 Å². The van der Waals surface area contributed by atoms with Crippen LogP contribution in [0.25, 0.3) is 22.5 Å². The van der Waals surface area contributed by atoms with Crippen molar-refractivity contribution in [2.45, 2.75) is 30.8 Å². The standard InChI is InChI=1S/C26H25ClN4O5S/c1-37(2,33)31-22-5-3-4-17(28-22)14-6-8-15(9-7-14)24-16(27)10-18-19(30-24)11-23(29-18)36-21-13-35-25-20(32)12-34-26(21)25/h3-10,20-21,25-26,32H,11-13H2,1-2H3/t20-,21-,25-,26-/m1/s1. The van der Waals surface area contributed by atoms with Crippen LogP contribution in [0.3, 0.4) is 0 Å². The number of halogens is 1. The van der Waals surface area contributed by atoms with Gasteiger partial charge in [0.2, 0.25) is 0 Å². The summed E-state index contributed by atoms with van der Waals surface area (Å²) in [5.41, 5.74) is 4.60. The number of aliphatic hydroxyl groups excluding tert-OH is 1. The first-order chi connectivity index (χ1) is 17.7. The highest BCUT2D eigenvalue weighted by Gasteiger charge is 2.49. The van der Waals surface area contributed by atoms with Gasteiger partial charge in [0.1, 0.15) is 18.3 Å². The molecule has 4 atom stereocenters. The van der Waals surface area contributed by atoms with E-state index in [0.29, 0.717) is 41.1 Å². The second kappa shape index (κ2) is 9.45. The monoisotopic (exact) mass is 540 g/mol. The summed E-state index contributed by atoms with van der Waals surface area (Å²) in [4.78, 5) is 13.9. The first-order valence-electron chi connectivity index (χ1n) is 11.8. The zero-order valence-corrected chi connectivity index (χ0v) is 21.8. The third-order valence-corrected chi connectivity index (χ3v) is 7.28. The Hall–Kier alpha value is -2.89. The van der Waals surface area contributed by atoms with Crippen LogP contribution in [0, 0.1) is 0 Å². The van der Waals surface area contributed by atoms with E-state index < -0.39 is 15.8 Å². The number of aliphatic imine (C=N–C) groups is 1. The minimum absolute atomic E-state index is 0.247. The molecular weight excluding hydrogens is 516 g/mol. The van der Waals surface area contributed by atoms with E-state index in [4.69, 9.17) is 30.8 Å². The Morgan fingerprint density at radius 3 is 2.59 bits per heavy atom. The molecule has 1 aromatic carbocycles. The van der Waals surface area contributed by atoms with Crippen molar-refractivity contribution in [1.29, 1.82) is 0 Å². The van der Waals surface area contributed by atoms with Gasteiger partial charge in [-0.3, -0.25) is 0 Å². The van der Waals surface area contributed by atoms with Gasteiger partial charge in [-0.25, -0.2) is 19.2 Å². The Labute approximate surface area is 219 Å². The van der Waals surface area contributed by atoms with Crippen molar-refractivity contribution >= 4 is 38.7 Å². The van der Waals surface area contributed by atoms with E-state index in [-0.39, 0.29) is 24.9 Å². The molecule has 0 unspecified atom stereocenters. The number of aromatic nitrogens is 2. The van der Waals surface area contributed by atoms with E-state index in [1.807, 2.05) is 36.4 Å². The highest BCUT2D eigenvalue weighted by atomic mass is 35.5. The summed E-state index contributed by atoms with van der Waals surface area (Å²) < 4.78 is 33.6. The van der Waals surface area contributed by atoms with Gasteiger partial charge in [0.15, 0.2) is 17.8 Å². The molecule has 192 valence electrons. The summed E-state index contributed by atoms with van der Waals surface area (Å²) in [6.07, 6.45) is 1.99. The number of nitrogens with zero attached hydrogens (tertiary/aromatic N) is 4. The van der Waals surface area contributed by atoms with E-state index in [0.717, 1.165) is 22.5 Å². The fourth-order valence-corrected chi connectivity index (χ4v) is 5.52. The highest BCUT2D eigenvalue weighted by Crippen LogP contribution is 2.37. The van der Waals surface area contributed by atoms with Gasteiger partial charge in [0, 0.05) is 33.4 Å². The van der Waals surface area contributed by atoms with Crippen LogP contribution in [0.4, 0.5) is 11.5 Å². The average Bonchev–Trinajstić information content (AvgIpc) is 3.54. The molecule has 3 aromatic rings. The molecule has 37 heavy (non-hydrogen) atoms. The normalized spacial score (nSPS) is 24.5. The second-order valence-electron chi connectivity index (χ2n) is 9.52. The minimum atomic E-state index is -2.30. The molecule has 3 aliphatic rings. The molecule has 2 fully saturated rings. The molecule has 0 saturated carbocycles. The smallest absolute Gasteiger partial charge is 0.195 e. The quantitative estimate of drug-likeness (QED) is 0.532. The van der Waals surface area contributed by atoms with Crippen molar-refractivity contribution < 1.29 is 23.5 Å². The number of ether oxygens (including phenoxy) is 3. The Morgan fingerprint density at radius 2 is 1.81 bits per heavy atom. The molecule has 0 bridgehead atoms. The third-order valence-electron chi connectivity index (χ3n) is 6.37. The van der Waals surface area contributed by atoms with Crippen molar-refractivity contribution in [1.82, 2.24) is 9.97 Å². The van der Waals surface area contributed by atoms with Crippen molar-refractivity contribution in [3.05, 3.63) is 59.2 Å². The van der Waals surface area contributed by atoms with Gasteiger partial charge >= 0.3 is 0 Å². The van der Waals surface area contributed by atoms with Crippen LogP contribution >= 0.6 is 11.6 Å². The summed E-state index contributed by atoms with van der Waals surface area (Å²) in [6, 6.07) is 15.0. The Morgan fingerprint density at radius 1 is 1.05 bits per heavy atom. The Bertz CT molecular complexity index is 1510. The number of fused-ring (bicyclic) bond motifs is 2. The summed E-state index contributed by atoms with van der Waals surface area (Å²) >= 11 is 6.60. The van der Waals surface area contributed by atoms with Crippen LogP contribution < -0.4 is 0 Å². The van der Waals surface area contributed by atoms with Gasteiger partial charge in [0.05, 0.1) is 47.4 Å². The number of hydrogen-bond acceptors (Lipinski definition) is 9. The molecule has 3 aliphatic heterocycles. The maximum atomic E-state index is 12.0. The van der Waals surface area contributed by atoms with Gasteiger partial charge < -0.3 is 19.3 Å². The molecule has 9 nitrogen and oxygen atoms in total. The van der Waals surface area contributed by atoms with Gasteiger partial charge in [-0.05, 0) is 18.2 Å². The minimum Gasteiger partial charge on any atom is -0.472 e. The highest BCUT2D eigenvalue weighted by molar-refractivity contribution is 7.92. The van der Waals surface area contributed by atoms with E-state index >= 15 is 0 Å². The van der Waals surface area contributed by atoms with Crippen LogP contribution in [0.1, 0.15) is 5.69 Å². The molecule has 0 radical (unpaired) electrons. The summed E-state index contributed by atoms with van der Waals surface area (Å²) in [5, 5.41) is 10.4. The maximum absolute atomic E-state index is 12.0. The first kappa shape index (κ1) is 24.4. The number of benzene rings is 1. The van der Waals surface area contributed by atoms with Crippen LogP contribution in [0.2, 0.25) is 5.02 Å². The topological polar surface area (TPSA) is 115 Å². The lowest BCUT2D eigenvalue weighted by atomic mass is 10.1. The molecule has 2 aromatic heterocycles. The summed E-state index contributed by atoms with van der Waals surface area (Å²) in [5.74, 6) is 0.970. The fourth-order valence-electron chi connectivity index (χ4n) is 4.71. The van der Waals surface area contributed by atoms with Crippen LogP contribution in [0.15, 0.2) is 57.9 Å². The Balaban J connectivity index is 1.19. The van der Waals surface area contributed by atoms with E-state index in [2.05, 4.69) is 14.3 Å². The zero-order chi connectivity index (χ0) is 25.7. The van der Waals surface area contributed by atoms with Crippen LogP contribution in [-0.4, -0.2) is 75.3 Å². The molecule has 0 aliphatic carbocycles. The number of rotatable bonds is 4. The molecule has 11 heteroatoms. The number of aliphatic hydroxyl groups is 1. The van der Waals surface area contributed by atoms with Gasteiger partial charge in [-0.15, -0.1) is 0 Å². The zero-order valence-electron chi connectivity index (χ0n) is 20.2. The van der Waals surface area contributed by atoms with Crippen LogP contribution in [0.5, 0.6) is 0 Å². The lowest BCUT2D eigenvalue weighted by molar-refractivity contribution is 0.00558. The number of pyridine rings is 2. The molecule has 1 N–H and O–H groups in total. The molecule has 5 heterocycles. The maximum Gasteiger partial charge on any atom is 0.195 e. The molecular formula is C26H25ClN4O5S. The molecule has 2 saturated heterocycles. The number of hydrogen-bond donors (Lipinski definition) is 1. The SMILES string of the molecule is CS(C)(=O)=Nc1cccc(-c2ccc(-c3nc4c(cc3Cl)N=C(O[C@@H]3CO[C@H]5[C@@H]3OC[C@H]5O)C4)cc2)n1. The molecule has 0 spiro atoms. The van der Waals surface area contributed by atoms with Gasteiger partial charge in [-0.2, -0.15) is 4.36 Å². The van der Waals surface area contributed by atoms with E-state index in [9.17, 15) is 9.32 Å². The molecule has 0 amide bonds. The van der Waals surface area contributed by atoms with Gasteiger partial charge in [0.25, 0.3) is 0 Å². The summed E-state index contributed by atoms with van der Waals surface area (Å²) in [6.45, 7) is 0.590. The molecule has 6 rings (SSSR count). The average molecular weight is 541 g/mol. The van der Waals surface area contributed by atoms with E-state index in [1.165, 1.54) is 0 Å². The van der Waals surface area contributed by atoms with Gasteiger partial charge in [-0.1, -0.05) is 41.9 Å². The predicted octanol–water partition coefficient (Wildman–Crippen LogP) is 3.95. The van der Waals surface area contributed by atoms with Crippen molar-refractivity contribution in [3.63, 3.8) is 0 Å². The Kier molecular flexibility index (Phi) is 6.24. The third kappa shape index (κ3) is 4.99. The fraction of sp³-hybridized carbons (Fsp3) is 0.346. The second-order valence-corrected chi connectivity index (χ2v) is 12.5. The lowest BCUT2D eigenvalue weighted by Gasteiger charge is -2.17.